The van der Waals surface area contributed by atoms with Crippen molar-refractivity contribution in [1.82, 2.24) is 4.98 Å². The summed E-state index contributed by atoms with van der Waals surface area (Å²) < 4.78 is 41.1. The van der Waals surface area contributed by atoms with Gasteiger partial charge in [0.05, 0.1) is 5.69 Å². The van der Waals surface area contributed by atoms with Crippen LogP contribution in [0.3, 0.4) is 0 Å². The predicted octanol–water partition coefficient (Wildman–Crippen LogP) is 4.26. The first-order valence-electron chi connectivity index (χ1n) is 5.65. The average Bonchev–Trinajstić information content (AvgIpc) is 2.28. The molecule has 0 aliphatic rings. The Morgan fingerprint density at radius 2 is 1.79 bits per heavy atom. The van der Waals surface area contributed by atoms with Crippen LogP contribution in [0.25, 0.3) is 11.3 Å². The van der Waals surface area contributed by atoms with Gasteiger partial charge in [0.15, 0.2) is 0 Å². The highest BCUT2D eigenvalue weighted by Gasteiger charge is 2.32. The van der Waals surface area contributed by atoms with Crippen LogP contribution in [-0.2, 0) is 0 Å². The molecule has 0 aliphatic heterocycles. The monoisotopic (exact) mass is 267 g/mol. The summed E-state index contributed by atoms with van der Waals surface area (Å²) in [7, 11) is 0. The molecule has 0 fully saturated rings. The number of halogens is 3. The molecule has 0 radical (unpaired) electrons. The Kier molecular flexibility index (Phi) is 3.46. The zero-order chi connectivity index (χ0) is 14.0. The number of aromatic nitrogens is 1. The number of para-hydroxylation sites is 1. The lowest BCUT2D eigenvalue weighted by Gasteiger charge is -2.14. The summed E-state index contributed by atoms with van der Waals surface area (Å²) in [6, 6.07) is 7.86. The highest BCUT2D eigenvalue weighted by molar-refractivity contribution is 5.69. The molecule has 0 aliphatic carbocycles. The second-order valence-corrected chi connectivity index (χ2v) is 4.22. The van der Waals surface area contributed by atoms with Crippen LogP contribution in [0.4, 0.5) is 13.2 Å². The maximum Gasteiger partial charge on any atom is 0.573 e. The normalized spacial score (nSPS) is 11.4. The van der Waals surface area contributed by atoms with Crippen molar-refractivity contribution < 1.29 is 17.9 Å². The van der Waals surface area contributed by atoms with Crippen LogP contribution >= 0.6 is 0 Å². The van der Waals surface area contributed by atoms with Crippen molar-refractivity contribution >= 4 is 0 Å². The van der Waals surface area contributed by atoms with Gasteiger partial charge in [0.2, 0.25) is 0 Å². The second kappa shape index (κ2) is 4.91. The van der Waals surface area contributed by atoms with Crippen LogP contribution < -0.4 is 4.74 Å². The molecule has 1 aromatic carbocycles. The van der Waals surface area contributed by atoms with Crippen molar-refractivity contribution in [2.75, 3.05) is 0 Å². The predicted molar refractivity (Wildman–Crippen MR) is 65.8 cm³/mol. The summed E-state index contributed by atoms with van der Waals surface area (Å²) in [5.74, 6) is -0.241. The molecular weight excluding hydrogens is 255 g/mol. The number of alkyl halides is 3. The van der Waals surface area contributed by atoms with Crippen molar-refractivity contribution in [2.24, 2.45) is 0 Å². The maximum absolute atomic E-state index is 12.4. The Morgan fingerprint density at radius 1 is 1.11 bits per heavy atom. The summed E-state index contributed by atoms with van der Waals surface area (Å²) in [5, 5.41) is 0. The zero-order valence-electron chi connectivity index (χ0n) is 10.5. The lowest BCUT2D eigenvalue weighted by atomic mass is 10.0. The number of benzene rings is 1. The minimum atomic E-state index is -4.71. The summed E-state index contributed by atoms with van der Waals surface area (Å²) in [6.45, 7) is 3.68. The lowest BCUT2D eigenvalue weighted by Crippen LogP contribution is -2.17. The maximum atomic E-state index is 12.4. The van der Waals surface area contributed by atoms with E-state index in [1.165, 1.54) is 12.1 Å². The van der Waals surface area contributed by atoms with Crippen LogP contribution in [-0.4, -0.2) is 11.3 Å². The average molecular weight is 267 g/mol. The molecule has 1 aromatic heterocycles. The van der Waals surface area contributed by atoms with E-state index in [4.69, 9.17) is 0 Å². The highest BCUT2D eigenvalue weighted by Crippen LogP contribution is 2.34. The lowest BCUT2D eigenvalue weighted by molar-refractivity contribution is -0.274. The molecule has 0 unspecified atom stereocenters. The van der Waals surface area contributed by atoms with Gasteiger partial charge in [0.1, 0.15) is 5.75 Å². The smallest absolute Gasteiger partial charge is 0.405 e. The fourth-order valence-electron chi connectivity index (χ4n) is 1.87. The topological polar surface area (TPSA) is 22.1 Å². The Hall–Kier alpha value is -2.04. The molecule has 0 N–H and O–H groups in total. The van der Waals surface area contributed by atoms with Gasteiger partial charge < -0.3 is 4.74 Å². The number of ether oxygens (including phenoxy) is 1. The molecule has 0 atom stereocenters. The second-order valence-electron chi connectivity index (χ2n) is 4.22. The van der Waals surface area contributed by atoms with Gasteiger partial charge in [-0.15, -0.1) is 13.2 Å². The van der Waals surface area contributed by atoms with Crippen molar-refractivity contribution in [2.45, 2.75) is 20.2 Å². The van der Waals surface area contributed by atoms with Crippen LogP contribution in [0.2, 0.25) is 0 Å². The van der Waals surface area contributed by atoms with Crippen LogP contribution in [0.5, 0.6) is 5.75 Å². The third-order valence-corrected chi connectivity index (χ3v) is 2.58. The first-order valence-corrected chi connectivity index (χ1v) is 5.65. The van der Waals surface area contributed by atoms with E-state index in [1.54, 1.807) is 25.3 Å². The quantitative estimate of drug-likeness (QED) is 0.810. The largest absolute Gasteiger partial charge is 0.573 e. The molecule has 2 aromatic rings. The molecule has 2 nitrogen and oxygen atoms in total. The van der Waals surface area contributed by atoms with Gasteiger partial charge in [-0.25, -0.2) is 0 Å². The van der Waals surface area contributed by atoms with Gasteiger partial charge in [-0.2, -0.15) is 0 Å². The Labute approximate surface area is 108 Å². The molecule has 0 saturated carbocycles. The van der Waals surface area contributed by atoms with Crippen LogP contribution in [0.15, 0.2) is 36.5 Å². The Balaban J connectivity index is 2.50. The third-order valence-electron chi connectivity index (χ3n) is 2.58. The Morgan fingerprint density at radius 3 is 2.42 bits per heavy atom. The van der Waals surface area contributed by atoms with E-state index in [-0.39, 0.29) is 5.75 Å². The van der Waals surface area contributed by atoms with Gasteiger partial charge in [-0.1, -0.05) is 18.2 Å². The SMILES string of the molecule is Cc1cnc(-c2ccccc2OC(F)(F)F)c(C)c1. The van der Waals surface area contributed by atoms with Gasteiger partial charge in [-0.05, 0) is 37.1 Å². The van der Waals surface area contributed by atoms with Crippen LogP contribution in [0, 0.1) is 13.8 Å². The van der Waals surface area contributed by atoms with Crippen molar-refractivity contribution in [3.05, 3.63) is 47.7 Å². The zero-order valence-corrected chi connectivity index (χ0v) is 10.5. The van der Waals surface area contributed by atoms with E-state index in [0.29, 0.717) is 11.3 Å². The summed E-state index contributed by atoms with van der Waals surface area (Å²) in [6.07, 6.45) is -3.10. The first-order chi connectivity index (χ1) is 8.87. The molecular formula is C14H12F3NO. The fourth-order valence-corrected chi connectivity index (χ4v) is 1.87. The number of pyridine rings is 1. The number of nitrogens with zero attached hydrogens (tertiary/aromatic N) is 1. The Bertz CT molecular complexity index is 593. The van der Waals surface area contributed by atoms with Gasteiger partial charge >= 0.3 is 6.36 Å². The summed E-state index contributed by atoms with van der Waals surface area (Å²) >= 11 is 0. The molecule has 0 spiro atoms. The van der Waals surface area contributed by atoms with Gasteiger partial charge in [-0.3, -0.25) is 4.98 Å². The van der Waals surface area contributed by atoms with Crippen molar-refractivity contribution in [3.63, 3.8) is 0 Å². The van der Waals surface area contributed by atoms with Gasteiger partial charge in [0.25, 0.3) is 0 Å². The molecule has 19 heavy (non-hydrogen) atoms. The van der Waals surface area contributed by atoms with Crippen molar-refractivity contribution in [1.29, 1.82) is 0 Å². The molecule has 0 saturated heterocycles. The van der Waals surface area contributed by atoms with E-state index in [0.717, 1.165) is 11.1 Å². The highest BCUT2D eigenvalue weighted by atomic mass is 19.4. The minimum absolute atomic E-state index is 0.241. The molecule has 5 heteroatoms. The van der Waals surface area contributed by atoms with Gasteiger partial charge in [0, 0.05) is 11.8 Å². The number of rotatable bonds is 2. The number of aryl methyl sites for hydroxylation is 2. The summed E-state index contributed by atoms with van der Waals surface area (Å²) in [4.78, 5) is 4.19. The molecule has 1 heterocycles. The molecule has 0 amide bonds. The summed E-state index contributed by atoms with van der Waals surface area (Å²) in [5.41, 5.74) is 2.58. The number of hydrogen-bond donors (Lipinski definition) is 0. The molecule has 100 valence electrons. The van der Waals surface area contributed by atoms with E-state index < -0.39 is 6.36 Å². The standard InChI is InChI=1S/C14H12F3NO/c1-9-7-10(2)13(18-8-9)11-5-3-4-6-12(11)19-14(15,16)17/h3-8H,1-2H3. The van der Waals surface area contributed by atoms with E-state index in [9.17, 15) is 13.2 Å². The molecule has 0 bridgehead atoms. The van der Waals surface area contributed by atoms with Crippen molar-refractivity contribution in [3.8, 4) is 17.0 Å². The van der Waals surface area contributed by atoms with E-state index >= 15 is 0 Å². The molecule has 2 rings (SSSR count). The first kappa shape index (κ1) is 13.4. The van der Waals surface area contributed by atoms with E-state index in [1.807, 2.05) is 13.0 Å². The van der Waals surface area contributed by atoms with E-state index in [2.05, 4.69) is 9.72 Å². The fraction of sp³-hybridized carbons (Fsp3) is 0.214. The minimum Gasteiger partial charge on any atom is -0.405 e. The van der Waals surface area contributed by atoms with Crippen LogP contribution in [0.1, 0.15) is 11.1 Å². The number of hydrogen-bond acceptors (Lipinski definition) is 2. The third kappa shape index (κ3) is 3.24.